The molecule has 5 nitrogen and oxygen atoms in total. The molecule has 31 heavy (non-hydrogen) atoms. The highest BCUT2D eigenvalue weighted by Gasteiger charge is 2.13. The number of aromatic nitrogens is 2. The number of nitrogens with zero attached hydrogens (tertiary/aromatic N) is 2. The summed E-state index contributed by atoms with van der Waals surface area (Å²) in [5.41, 5.74) is 5.15. The van der Waals surface area contributed by atoms with Crippen molar-refractivity contribution < 1.29 is 9.47 Å². The number of allylic oxidation sites excluding steroid dienone is 1. The highest BCUT2D eigenvalue weighted by Crippen LogP contribution is 2.38. The fourth-order valence-corrected chi connectivity index (χ4v) is 3.84. The molecule has 154 valence electrons. The van der Waals surface area contributed by atoms with Gasteiger partial charge in [0.05, 0.1) is 28.2 Å². The van der Waals surface area contributed by atoms with E-state index in [1.807, 2.05) is 67.6 Å². The van der Waals surface area contributed by atoms with E-state index in [0.717, 1.165) is 32.2 Å². The molecule has 0 unspecified atom stereocenters. The molecule has 0 bridgehead atoms. The van der Waals surface area contributed by atoms with Gasteiger partial charge < -0.3 is 14.5 Å². The molecule has 1 heterocycles. The van der Waals surface area contributed by atoms with Crippen LogP contribution in [0.3, 0.4) is 0 Å². The minimum Gasteiger partial charge on any atom is -0.493 e. The van der Waals surface area contributed by atoms with Crippen molar-refractivity contribution in [1.82, 2.24) is 9.97 Å². The molecule has 0 aliphatic heterocycles. The van der Waals surface area contributed by atoms with E-state index in [1.54, 1.807) is 13.2 Å². The second-order valence-electron chi connectivity index (χ2n) is 7.08. The zero-order valence-electron chi connectivity index (χ0n) is 17.1. The predicted molar refractivity (Wildman–Crippen MR) is 126 cm³/mol. The summed E-state index contributed by atoms with van der Waals surface area (Å²) in [5.74, 6) is 1.72. The van der Waals surface area contributed by atoms with Crippen molar-refractivity contribution in [2.45, 2.75) is 13.5 Å². The van der Waals surface area contributed by atoms with Gasteiger partial charge in [-0.15, -0.1) is 0 Å². The van der Waals surface area contributed by atoms with Gasteiger partial charge in [-0.25, -0.2) is 4.98 Å². The van der Waals surface area contributed by atoms with Crippen LogP contribution in [-0.2, 0) is 6.61 Å². The molecule has 0 amide bonds. The second-order valence-corrected chi connectivity index (χ2v) is 7.94. The lowest BCUT2D eigenvalue weighted by Crippen LogP contribution is -1.99. The van der Waals surface area contributed by atoms with Crippen LogP contribution in [0.5, 0.6) is 11.5 Å². The number of halogens is 1. The molecule has 0 aliphatic carbocycles. The van der Waals surface area contributed by atoms with Crippen molar-refractivity contribution in [3.8, 4) is 17.6 Å². The molecular weight excluding hydrogens is 454 g/mol. The first-order valence-electron chi connectivity index (χ1n) is 9.70. The Labute approximate surface area is 189 Å². The van der Waals surface area contributed by atoms with E-state index in [9.17, 15) is 5.26 Å². The highest BCUT2D eigenvalue weighted by molar-refractivity contribution is 9.10. The van der Waals surface area contributed by atoms with E-state index in [0.29, 0.717) is 29.5 Å². The molecule has 0 saturated heterocycles. The van der Waals surface area contributed by atoms with Gasteiger partial charge in [0, 0.05) is 0 Å². The first-order chi connectivity index (χ1) is 15.1. The molecule has 1 N–H and O–H groups in total. The maximum Gasteiger partial charge on any atom is 0.175 e. The molecule has 6 heteroatoms. The predicted octanol–water partition coefficient (Wildman–Crippen LogP) is 6.29. The summed E-state index contributed by atoms with van der Waals surface area (Å²) < 4.78 is 12.3. The largest absolute Gasteiger partial charge is 0.493 e. The zero-order chi connectivity index (χ0) is 21.8. The van der Waals surface area contributed by atoms with E-state index in [4.69, 9.17) is 9.47 Å². The van der Waals surface area contributed by atoms with Crippen molar-refractivity contribution in [3.05, 3.63) is 87.7 Å². The first kappa shape index (κ1) is 20.7. The number of nitrogens with one attached hydrogen (secondary N) is 1. The van der Waals surface area contributed by atoms with E-state index >= 15 is 0 Å². The summed E-state index contributed by atoms with van der Waals surface area (Å²) >= 11 is 3.58. The minimum atomic E-state index is 0.423. The van der Waals surface area contributed by atoms with Crippen molar-refractivity contribution in [3.63, 3.8) is 0 Å². The number of fused-ring (bicyclic) bond motifs is 1. The van der Waals surface area contributed by atoms with Crippen LogP contribution < -0.4 is 9.47 Å². The molecule has 0 fully saturated rings. The minimum absolute atomic E-state index is 0.423. The van der Waals surface area contributed by atoms with Crippen LogP contribution in [0, 0.1) is 18.3 Å². The normalized spacial score (nSPS) is 11.4. The Morgan fingerprint density at radius 2 is 1.97 bits per heavy atom. The lowest BCUT2D eigenvalue weighted by atomic mass is 10.1. The standard InChI is InChI=1S/C25H20BrN3O2/c1-16-8-9-21-22(10-16)29-25(28-21)19(14-27)11-18-12-20(26)24(23(13-18)30-2)31-15-17-6-4-3-5-7-17/h3-13H,15H2,1-2H3,(H,28,29)/b19-11-. The molecule has 3 aromatic carbocycles. The van der Waals surface area contributed by atoms with Gasteiger partial charge in [0.25, 0.3) is 0 Å². The Balaban J connectivity index is 1.65. The molecular formula is C25H20BrN3O2. The maximum atomic E-state index is 9.74. The first-order valence-corrected chi connectivity index (χ1v) is 10.5. The van der Waals surface area contributed by atoms with Gasteiger partial charge in [0.2, 0.25) is 0 Å². The van der Waals surface area contributed by atoms with Crippen molar-refractivity contribution in [1.29, 1.82) is 5.26 Å². The van der Waals surface area contributed by atoms with Gasteiger partial charge in [0.1, 0.15) is 18.5 Å². The van der Waals surface area contributed by atoms with Crippen LogP contribution in [0.4, 0.5) is 0 Å². The van der Waals surface area contributed by atoms with Crippen molar-refractivity contribution >= 4 is 38.6 Å². The number of ether oxygens (including phenoxy) is 2. The van der Waals surface area contributed by atoms with Crippen LogP contribution in [0.1, 0.15) is 22.5 Å². The highest BCUT2D eigenvalue weighted by atomic mass is 79.9. The number of H-pyrrole nitrogens is 1. The van der Waals surface area contributed by atoms with Crippen molar-refractivity contribution in [2.75, 3.05) is 7.11 Å². The Morgan fingerprint density at radius 1 is 1.16 bits per heavy atom. The second kappa shape index (κ2) is 9.07. The number of aromatic amines is 1. The average molecular weight is 474 g/mol. The SMILES string of the molecule is COc1cc(/C=C(/C#N)c2nc3ccc(C)cc3[nH]2)cc(Br)c1OCc1ccccc1. The molecule has 0 saturated carbocycles. The number of aryl methyl sites for hydroxylation is 1. The third-order valence-corrected chi connectivity index (χ3v) is 5.39. The van der Waals surface area contributed by atoms with Gasteiger partial charge in [-0.05, 0) is 69.9 Å². The third-order valence-electron chi connectivity index (χ3n) is 4.80. The van der Waals surface area contributed by atoms with E-state index in [2.05, 4.69) is 32.0 Å². The maximum absolute atomic E-state index is 9.74. The fraction of sp³-hybridized carbons (Fsp3) is 0.120. The molecule has 1 aromatic heterocycles. The number of hydrogen-bond acceptors (Lipinski definition) is 4. The topological polar surface area (TPSA) is 70.9 Å². The van der Waals surface area contributed by atoms with E-state index in [1.165, 1.54) is 0 Å². The number of hydrogen-bond donors (Lipinski definition) is 1. The number of nitriles is 1. The summed E-state index contributed by atoms with van der Waals surface area (Å²) in [6.45, 7) is 2.44. The quantitative estimate of drug-likeness (QED) is 0.334. The molecule has 0 radical (unpaired) electrons. The summed E-state index contributed by atoms with van der Waals surface area (Å²) in [4.78, 5) is 7.78. The number of imidazole rings is 1. The molecule has 0 atom stereocenters. The average Bonchev–Trinajstić information content (AvgIpc) is 3.20. The molecule has 4 aromatic rings. The Bertz CT molecular complexity index is 1300. The van der Waals surface area contributed by atoms with E-state index in [-0.39, 0.29) is 0 Å². The van der Waals surface area contributed by atoms with Gasteiger partial charge in [-0.3, -0.25) is 0 Å². The van der Waals surface area contributed by atoms with Gasteiger partial charge in [-0.2, -0.15) is 5.26 Å². The zero-order valence-corrected chi connectivity index (χ0v) is 18.7. The monoisotopic (exact) mass is 473 g/mol. The molecule has 0 spiro atoms. The summed E-state index contributed by atoms with van der Waals surface area (Å²) in [6.07, 6.45) is 1.78. The van der Waals surface area contributed by atoms with Crippen LogP contribution in [0.25, 0.3) is 22.7 Å². The summed E-state index contributed by atoms with van der Waals surface area (Å²) in [5, 5.41) is 9.74. The number of methoxy groups -OCH3 is 1. The number of rotatable bonds is 6. The fourth-order valence-electron chi connectivity index (χ4n) is 3.26. The Hall–Kier alpha value is -3.56. The smallest absolute Gasteiger partial charge is 0.175 e. The van der Waals surface area contributed by atoms with Gasteiger partial charge in [-0.1, -0.05) is 36.4 Å². The lowest BCUT2D eigenvalue weighted by Gasteiger charge is -2.14. The summed E-state index contributed by atoms with van der Waals surface area (Å²) in [6, 6.07) is 21.9. The third kappa shape index (κ3) is 4.62. The Kier molecular flexibility index (Phi) is 6.06. The summed E-state index contributed by atoms with van der Waals surface area (Å²) in [7, 11) is 1.59. The van der Waals surface area contributed by atoms with Crippen LogP contribution >= 0.6 is 15.9 Å². The van der Waals surface area contributed by atoms with E-state index < -0.39 is 0 Å². The van der Waals surface area contributed by atoms with Crippen molar-refractivity contribution in [2.24, 2.45) is 0 Å². The Morgan fingerprint density at radius 3 is 2.71 bits per heavy atom. The van der Waals surface area contributed by atoms with Crippen LogP contribution in [0.2, 0.25) is 0 Å². The molecule has 4 rings (SSSR count). The number of benzene rings is 3. The van der Waals surface area contributed by atoms with Crippen LogP contribution in [-0.4, -0.2) is 17.1 Å². The molecule has 0 aliphatic rings. The van der Waals surface area contributed by atoms with Gasteiger partial charge >= 0.3 is 0 Å². The lowest BCUT2D eigenvalue weighted by molar-refractivity contribution is 0.282. The van der Waals surface area contributed by atoms with Crippen LogP contribution in [0.15, 0.2) is 65.1 Å². The van der Waals surface area contributed by atoms with Gasteiger partial charge in [0.15, 0.2) is 11.5 Å².